The van der Waals surface area contributed by atoms with Crippen LogP contribution >= 0.6 is 0 Å². The maximum Gasteiger partial charge on any atom is 0.0726 e. The minimum Gasteiger partial charge on any atom is -0.310 e. The first kappa shape index (κ1) is 36.7. The van der Waals surface area contributed by atoms with Gasteiger partial charge in [0.1, 0.15) is 0 Å². The highest BCUT2D eigenvalue weighted by molar-refractivity contribution is 6.01. The van der Waals surface area contributed by atoms with Crippen LogP contribution in [0.1, 0.15) is 47.2 Å². The molecule has 10 aromatic carbocycles. The lowest BCUT2D eigenvalue weighted by atomic mass is 9.70. The number of nitrogens with zero attached hydrogens (tertiary/aromatic N) is 2. The fourth-order valence-electron chi connectivity index (χ4n) is 11.7. The smallest absolute Gasteiger partial charge is 0.0726 e. The van der Waals surface area contributed by atoms with Crippen molar-refractivity contribution in [2.45, 2.75) is 24.7 Å². The molecule has 0 bridgehead atoms. The normalized spacial score (nSPS) is 15.5. The van der Waals surface area contributed by atoms with Crippen molar-refractivity contribution in [3.63, 3.8) is 0 Å². The molecule has 1 unspecified atom stereocenters. The molecular formula is C62H44N2. The van der Waals surface area contributed by atoms with Gasteiger partial charge < -0.3 is 9.80 Å². The maximum atomic E-state index is 2.50. The summed E-state index contributed by atoms with van der Waals surface area (Å²) in [5.41, 5.74) is 22.0. The molecule has 13 rings (SSSR count). The SMILES string of the molecule is CC1(C)c2ccccc2-c2ccc(N(c3ccccc3)c3ccc4c(c3)C3(c5ccccc5-c5cc(N(c6ccccc6)c6cccc7ccccc67)ccc53)c3ccccc3-4)cc21. The first-order valence-corrected chi connectivity index (χ1v) is 22.4. The molecule has 302 valence electrons. The Morgan fingerprint density at radius 1 is 0.281 bits per heavy atom. The van der Waals surface area contributed by atoms with E-state index in [0.29, 0.717) is 0 Å². The van der Waals surface area contributed by atoms with Crippen LogP contribution in [0.25, 0.3) is 44.2 Å². The number of anilines is 6. The van der Waals surface area contributed by atoms with Gasteiger partial charge >= 0.3 is 0 Å². The van der Waals surface area contributed by atoms with Crippen LogP contribution in [0.4, 0.5) is 34.1 Å². The quantitative estimate of drug-likeness (QED) is 0.165. The van der Waals surface area contributed by atoms with Gasteiger partial charge in [-0.1, -0.05) is 178 Å². The number of rotatable bonds is 6. The molecule has 0 N–H and O–H groups in total. The van der Waals surface area contributed by atoms with Crippen molar-refractivity contribution in [2.24, 2.45) is 0 Å². The highest BCUT2D eigenvalue weighted by Gasteiger charge is 2.52. The Labute approximate surface area is 375 Å². The van der Waals surface area contributed by atoms with Crippen molar-refractivity contribution in [1.82, 2.24) is 0 Å². The number of hydrogen-bond donors (Lipinski definition) is 0. The van der Waals surface area contributed by atoms with Gasteiger partial charge in [0.25, 0.3) is 0 Å². The van der Waals surface area contributed by atoms with Crippen LogP contribution in [0.5, 0.6) is 0 Å². The molecule has 0 aromatic heterocycles. The topological polar surface area (TPSA) is 6.48 Å². The first-order chi connectivity index (χ1) is 31.5. The van der Waals surface area contributed by atoms with E-state index in [-0.39, 0.29) is 5.41 Å². The molecule has 1 spiro atoms. The summed E-state index contributed by atoms with van der Waals surface area (Å²) in [6.45, 7) is 4.73. The molecule has 0 saturated carbocycles. The van der Waals surface area contributed by atoms with Crippen molar-refractivity contribution in [1.29, 1.82) is 0 Å². The van der Waals surface area contributed by atoms with Crippen molar-refractivity contribution < 1.29 is 0 Å². The summed E-state index contributed by atoms with van der Waals surface area (Å²) in [6.07, 6.45) is 0. The molecule has 0 radical (unpaired) electrons. The third-order valence-electron chi connectivity index (χ3n) is 14.4. The Morgan fingerprint density at radius 3 is 1.42 bits per heavy atom. The van der Waals surface area contributed by atoms with Gasteiger partial charge in [-0.3, -0.25) is 0 Å². The molecule has 0 aliphatic heterocycles. The average molecular weight is 817 g/mol. The van der Waals surface area contributed by atoms with E-state index in [0.717, 1.165) is 34.1 Å². The zero-order valence-electron chi connectivity index (χ0n) is 35.8. The van der Waals surface area contributed by atoms with E-state index < -0.39 is 5.41 Å². The van der Waals surface area contributed by atoms with Crippen LogP contribution in [0.15, 0.2) is 231 Å². The van der Waals surface area contributed by atoms with Gasteiger partial charge in [0.05, 0.1) is 11.1 Å². The predicted octanol–water partition coefficient (Wildman–Crippen LogP) is 16.4. The molecule has 1 atom stereocenters. The number of fused-ring (bicyclic) bond motifs is 14. The van der Waals surface area contributed by atoms with Crippen molar-refractivity contribution in [3.05, 3.63) is 264 Å². The third kappa shape index (κ3) is 5.08. The molecular weight excluding hydrogens is 773 g/mol. The zero-order valence-corrected chi connectivity index (χ0v) is 35.8. The van der Waals surface area contributed by atoms with Gasteiger partial charge in [0, 0.05) is 39.2 Å². The number of para-hydroxylation sites is 2. The molecule has 10 aromatic rings. The summed E-state index contributed by atoms with van der Waals surface area (Å²) in [5, 5.41) is 2.44. The molecule has 0 heterocycles. The molecule has 0 saturated heterocycles. The van der Waals surface area contributed by atoms with Crippen LogP contribution < -0.4 is 9.80 Å². The summed E-state index contributed by atoms with van der Waals surface area (Å²) in [6, 6.07) is 85.8. The summed E-state index contributed by atoms with van der Waals surface area (Å²) < 4.78 is 0. The predicted molar refractivity (Wildman–Crippen MR) is 267 cm³/mol. The van der Waals surface area contributed by atoms with Gasteiger partial charge in [-0.25, -0.2) is 0 Å². The van der Waals surface area contributed by atoms with E-state index in [1.54, 1.807) is 0 Å². The summed E-state index contributed by atoms with van der Waals surface area (Å²) >= 11 is 0. The van der Waals surface area contributed by atoms with Crippen molar-refractivity contribution in [3.8, 4) is 33.4 Å². The van der Waals surface area contributed by atoms with E-state index >= 15 is 0 Å². The Kier molecular flexibility index (Phi) is 7.90. The second-order valence-corrected chi connectivity index (χ2v) is 18.0. The molecule has 0 amide bonds. The van der Waals surface area contributed by atoms with Crippen LogP contribution in [-0.2, 0) is 10.8 Å². The standard InChI is InChI=1S/C62H44N2/c1-61(2)54-28-14-11-25-48(54)51-35-32-45(39-58(51)61)63(42-20-5-3-6-21-42)46-33-36-52-49-26-12-15-29-55(49)62(59(52)40-46)56-30-16-13-27-50(56)53-38-44(34-37-57(53)62)64(43-22-7-4-8-23-43)60-31-17-19-41-18-9-10-24-47(41)60/h3-40H,1-2H3. The lowest BCUT2D eigenvalue weighted by Crippen LogP contribution is -2.26. The fraction of sp³-hybridized carbons (Fsp3) is 0.0645. The third-order valence-corrected chi connectivity index (χ3v) is 14.4. The van der Waals surface area contributed by atoms with E-state index in [1.807, 2.05) is 0 Å². The Morgan fingerprint density at radius 2 is 0.734 bits per heavy atom. The van der Waals surface area contributed by atoms with E-state index in [1.165, 1.54) is 77.5 Å². The van der Waals surface area contributed by atoms with E-state index in [4.69, 9.17) is 0 Å². The van der Waals surface area contributed by atoms with Crippen LogP contribution in [0.3, 0.4) is 0 Å². The number of benzene rings is 10. The highest BCUT2D eigenvalue weighted by Crippen LogP contribution is 2.64. The second-order valence-electron chi connectivity index (χ2n) is 18.0. The molecule has 0 fully saturated rings. The molecule has 2 nitrogen and oxygen atoms in total. The van der Waals surface area contributed by atoms with E-state index in [2.05, 4.69) is 254 Å². The van der Waals surface area contributed by atoms with Gasteiger partial charge in [0.15, 0.2) is 0 Å². The maximum absolute atomic E-state index is 2.50. The van der Waals surface area contributed by atoms with Crippen molar-refractivity contribution >= 4 is 44.9 Å². The first-order valence-electron chi connectivity index (χ1n) is 22.4. The Balaban J connectivity index is 1.03. The summed E-state index contributed by atoms with van der Waals surface area (Å²) in [4.78, 5) is 4.89. The Bertz CT molecular complexity index is 3490. The highest BCUT2D eigenvalue weighted by atomic mass is 15.1. The zero-order chi connectivity index (χ0) is 42.6. The average Bonchev–Trinajstić information content (AvgIpc) is 3.90. The summed E-state index contributed by atoms with van der Waals surface area (Å²) in [5.74, 6) is 0. The largest absolute Gasteiger partial charge is 0.310 e. The van der Waals surface area contributed by atoms with Crippen LogP contribution in [0.2, 0.25) is 0 Å². The molecule has 2 heteroatoms. The Hall–Kier alpha value is -7.94. The van der Waals surface area contributed by atoms with Gasteiger partial charge in [-0.15, -0.1) is 0 Å². The minimum absolute atomic E-state index is 0.117. The molecule has 64 heavy (non-hydrogen) atoms. The van der Waals surface area contributed by atoms with E-state index in [9.17, 15) is 0 Å². The lowest BCUT2D eigenvalue weighted by molar-refractivity contribution is 0.660. The summed E-state index contributed by atoms with van der Waals surface area (Å²) in [7, 11) is 0. The van der Waals surface area contributed by atoms with Gasteiger partial charge in [-0.2, -0.15) is 0 Å². The van der Waals surface area contributed by atoms with Crippen LogP contribution in [-0.4, -0.2) is 0 Å². The van der Waals surface area contributed by atoms with Gasteiger partial charge in [-0.05, 0) is 139 Å². The molecule has 3 aliphatic carbocycles. The lowest BCUT2D eigenvalue weighted by Gasteiger charge is -2.33. The fourth-order valence-corrected chi connectivity index (χ4v) is 11.7. The molecule has 3 aliphatic rings. The minimum atomic E-state index is -0.520. The van der Waals surface area contributed by atoms with Crippen molar-refractivity contribution in [2.75, 3.05) is 9.80 Å². The monoisotopic (exact) mass is 816 g/mol. The van der Waals surface area contributed by atoms with Gasteiger partial charge in [0.2, 0.25) is 0 Å². The second kappa shape index (κ2) is 13.8. The number of hydrogen-bond acceptors (Lipinski definition) is 2. The van der Waals surface area contributed by atoms with Crippen LogP contribution in [0, 0.1) is 0 Å².